The van der Waals surface area contributed by atoms with Crippen molar-refractivity contribution in [3.63, 3.8) is 0 Å². The first kappa shape index (κ1) is 30.2. The van der Waals surface area contributed by atoms with Crippen LogP contribution in [-0.2, 0) is 52.6 Å². The van der Waals surface area contributed by atoms with Gasteiger partial charge in [0.1, 0.15) is 0 Å². The second-order valence-electron chi connectivity index (χ2n) is 6.21. The second kappa shape index (κ2) is 15.1. The van der Waals surface area contributed by atoms with E-state index in [0.717, 1.165) is 9.80 Å². The van der Waals surface area contributed by atoms with E-state index in [9.17, 15) is 27.6 Å². The minimum atomic E-state index is -4.07. The van der Waals surface area contributed by atoms with Gasteiger partial charge in [-0.3, -0.25) is 29.0 Å². The first-order chi connectivity index (χ1) is 14.8. The Balaban J connectivity index is 0.000000677. The topological polar surface area (TPSA) is 210 Å². The van der Waals surface area contributed by atoms with Crippen molar-refractivity contribution < 1.29 is 75.9 Å². The molecule has 0 atom stereocenters. The summed E-state index contributed by atoms with van der Waals surface area (Å²) < 4.78 is 30.9. The molecule has 176 valence electrons. The Bertz CT molecular complexity index is 845. The third-order valence-electron chi connectivity index (χ3n) is 3.56. The van der Waals surface area contributed by atoms with Crippen molar-refractivity contribution in [1.82, 2.24) is 9.80 Å². The maximum atomic E-state index is 10.7. The van der Waals surface area contributed by atoms with Crippen LogP contribution in [0.2, 0.25) is 0 Å². The van der Waals surface area contributed by atoms with Crippen molar-refractivity contribution >= 4 is 45.3 Å². The van der Waals surface area contributed by atoms with Gasteiger partial charge in [0.15, 0.2) is 0 Å². The van der Waals surface area contributed by atoms with E-state index >= 15 is 0 Å². The Labute approximate surface area is 198 Å². The summed E-state index contributed by atoms with van der Waals surface area (Å²) in [4.78, 5) is 44.3. The molecular formula is C16H21ClHgN2O11S. The third-order valence-corrected chi connectivity index (χ3v) is 11.6. The van der Waals surface area contributed by atoms with Gasteiger partial charge in [0.05, 0.1) is 26.2 Å². The van der Waals surface area contributed by atoms with Crippen molar-refractivity contribution in [2.24, 2.45) is 0 Å². The van der Waals surface area contributed by atoms with Crippen LogP contribution >= 0.6 is 8.25 Å². The molecule has 0 bridgehead atoms. The molecule has 0 aromatic heterocycles. The van der Waals surface area contributed by atoms with E-state index in [0.29, 0.717) is 3.07 Å². The zero-order valence-corrected chi connectivity index (χ0v) is 23.7. The Hall–Kier alpha value is -1.84. The summed E-state index contributed by atoms with van der Waals surface area (Å²) in [6.45, 7) is -2.25. The minimum absolute atomic E-state index is 0.0262. The van der Waals surface area contributed by atoms with Crippen LogP contribution < -0.4 is 3.07 Å². The molecule has 0 aliphatic rings. The Morgan fingerprint density at radius 1 is 0.781 bits per heavy atom. The van der Waals surface area contributed by atoms with Crippen LogP contribution in [0.3, 0.4) is 0 Å². The third kappa shape index (κ3) is 14.3. The van der Waals surface area contributed by atoms with Crippen molar-refractivity contribution in [2.45, 2.75) is 4.90 Å². The normalized spacial score (nSPS) is 10.8. The van der Waals surface area contributed by atoms with Crippen LogP contribution in [0.4, 0.5) is 0 Å². The van der Waals surface area contributed by atoms with Gasteiger partial charge in [0.25, 0.3) is 0 Å². The van der Waals surface area contributed by atoms with Crippen LogP contribution in [0, 0.1) is 0 Å². The predicted octanol–water partition coefficient (Wildman–Crippen LogP) is -1.28. The van der Waals surface area contributed by atoms with E-state index in [1.807, 2.05) is 0 Å². The number of nitrogens with zero attached hydrogens (tertiary/aromatic N) is 2. The quantitative estimate of drug-likeness (QED) is 0.121. The van der Waals surface area contributed by atoms with Gasteiger partial charge >= 0.3 is 111 Å². The van der Waals surface area contributed by atoms with Crippen molar-refractivity contribution in [2.75, 3.05) is 39.3 Å². The molecule has 1 rings (SSSR count). The molecule has 0 saturated carbocycles. The number of benzene rings is 1. The molecule has 0 aliphatic carbocycles. The van der Waals surface area contributed by atoms with E-state index < -0.39 is 83.5 Å². The zero-order chi connectivity index (χ0) is 24.9. The summed E-state index contributed by atoms with van der Waals surface area (Å²) in [5.74, 6) is -4.91. The molecule has 16 heteroatoms. The molecule has 0 radical (unpaired) electrons. The van der Waals surface area contributed by atoms with E-state index in [-0.39, 0.29) is 18.0 Å². The molecular weight excluding hydrogens is 664 g/mol. The summed E-state index contributed by atoms with van der Waals surface area (Å²) in [6.07, 6.45) is 0. The van der Waals surface area contributed by atoms with Crippen molar-refractivity contribution in [3.05, 3.63) is 24.3 Å². The summed E-state index contributed by atoms with van der Waals surface area (Å²) in [5, 5.41) is 34.5. The van der Waals surface area contributed by atoms with E-state index in [1.165, 1.54) is 6.07 Å². The number of carbonyl (C=O) groups is 4. The average molecular weight is 685 g/mol. The summed E-state index contributed by atoms with van der Waals surface area (Å²) >= 11 is -1.77. The van der Waals surface area contributed by atoms with Gasteiger partial charge in [-0.15, -0.1) is 0 Å². The number of aliphatic carboxylic acids is 4. The van der Waals surface area contributed by atoms with E-state index in [2.05, 4.69) is 0 Å². The van der Waals surface area contributed by atoms with Crippen LogP contribution in [0.5, 0.6) is 0 Å². The van der Waals surface area contributed by atoms with Crippen molar-refractivity contribution in [1.29, 1.82) is 0 Å². The molecule has 32 heavy (non-hydrogen) atoms. The Morgan fingerprint density at radius 2 is 1.12 bits per heavy atom. The molecule has 0 spiro atoms. The first-order valence-corrected chi connectivity index (χ1v) is 19.6. The van der Waals surface area contributed by atoms with Crippen LogP contribution in [0.15, 0.2) is 29.2 Å². The summed E-state index contributed by atoms with van der Waals surface area (Å²) in [7, 11) is 1.61. The van der Waals surface area contributed by atoms with Gasteiger partial charge in [-0.05, 0) is 0 Å². The number of hydrogen-bond donors (Lipinski definition) is 5. The molecule has 5 N–H and O–H groups in total. The molecule has 0 saturated heterocycles. The van der Waals surface area contributed by atoms with Gasteiger partial charge < -0.3 is 20.4 Å². The fourth-order valence-corrected chi connectivity index (χ4v) is 10.3. The molecule has 0 heterocycles. The van der Waals surface area contributed by atoms with Crippen LogP contribution in [-0.4, -0.2) is 106 Å². The molecule has 0 fully saturated rings. The number of carboxylic acids is 4. The van der Waals surface area contributed by atoms with Gasteiger partial charge in [0.2, 0.25) is 0 Å². The van der Waals surface area contributed by atoms with Crippen LogP contribution in [0.1, 0.15) is 0 Å². The van der Waals surface area contributed by atoms with E-state index in [1.54, 1.807) is 18.2 Å². The summed E-state index contributed by atoms with van der Waals surface area (Å²) in [6, 6.07) is 6.30. The fraction of sp³-hybridized carbons (Fsp3) is 0.375. The maximum absolute atomic E-state index is 10.7. The number of carboxylic acid groups (broad SMARTS) is 4. The average Bonchev–Trinajstić information content (AvgIpc) is 2.64. The zero-order valence-electron chi connectivity index (χ0n) is 16.6. The van der Waals surface area contributed by atoms with Gasteiger partial charge in [0, 0.05) is 13.1 Å². The molecule has 13 nitrogen and oxygen atoms in total. The monoisotopic (exact) mass is 686 g/mol. The van der Waals surface area contributed by atoms with Gasteiger partial charge in [-0.1, -0.05) is 0 Å². The molecule has 1 aromatic carbocycles. The Kier molecular flexibility index (Phi) is 14.2. The number of hydrogen-bond acceptors (Lipinski definition) is 8. The SMILES string of the molecule is O=C(O)CN(CCN(CC(=O)O)CC(=O)O)CC(=O)O.O=S(=O)(O)c1cccc[c]1[Hg][Cl]. The van der Waals surface area contributed by atoms with Crippen LogP contribution in [0.25, 0.3) is 0 Å². The van der Waals surface area contributed by atoms with Gasteiger partial charge in [-0.25, -0.2) is 0 Å². The molecule has 0 amide bonds. The second-order valence-corrected chi connectivity index (χ2v) is 13.9. The van der Waals surface area contributed by atoms with E-state index in [4.69, 9.17) is 33.2 Å². The number of halogens is 1. The molecule has 0 unspecified atom stereocenters. The number of rotatable bonds is 13. The first-order valence-electron chi connectivity index (χ1n) is 8.69. The summed E-state index contributed by atoms with van der Waals surface area (Å²) in [5.41, 5.74) is 0. The standard InChI is InChI=1S/C10H16N2O8.C6H5O3S.ClH.Hg/c13-7(14)3-11(4-8(15)16)1-2-12(5-9(17)18)6-10(19)20;7-10(8,9)6-4-2-1-3-5-6;;/h1-6H2,(H,13,14)(H,15,16)(H,17,18)(H,19,20);1-4H,(H,7,8,9);1H;/q;;;+1/p-1. The molecule has 0 aliphatic heterocycles. The Morgan fingerprint density at radius 3 is 1.38 bits per heavy atom. The molecule has 1 aromatic rings. The predicted molar refractivity (Wildman–Crippen MR) is 105 cm³/mol. The fourth-order valence-electron chi connectivity index (χ4n) is 2.34. The van der Waals surface area contributed by atoms with Gasteiger partial charge in [-0.2, -0.15) is 0 Å². The van der Waals surface area contributed by atoms with Crippen molar-refractivity contribution in [3.8, 4) is 0 Å².